The predicted octanol–water partition coefficient (Wildman–Crippen LogP) is 3.26. The summed E-state index contributed by atoms with van der Waals surface area (Å²) in [6.45, 7) is 0. The summed E-state index contributed by atoms with van der Waals surface area (Å²) in [7, 11) is 4.94. The highest BCUT2D eigenvalue weighted by molar-refractivity contribution is 5.57. The predicted molar refractivity (Wildman–Crippen MR) is 84.4 cm³/mol. The first kappa shape index (κ1) is 14.6. The van der Waals surface area contributed by atoms with E-state index >= 15 is 0 Å². The van der Waals surface area contributed by atoms with Crippen molar-refractivity contribution in [1.82, 2.24) is 0 Å². The molecule has 4 heteroatoms. The standard InChI is InChI=1S/C18H20O4/c1-19-14-7-4-12(5-8-14)10-15-11-13-6-9-16(20-2)18(21-3)17(13)22-15/h4-9,15H,10-11H2,1-3H3. The highest BCUT2D eigenvalue weighted by atomic mass is 16.5. The molecule has 0 radical (unpaired) electrons. The summed E-state index contributed by atoms with van der Waals surface area (Å²) in [6.07, 6.45) is 1.84. The quantitative estimate of drug-likeness (QED) is 0.849. The molecule has 1 atom stereocenters. The lowest BCUT2D eigenvalue weighted by Crippen LogP contribution is -2.16. The molecule has 2 aromatic rings. The largest absolute Gasteiger partial charge is 0.497 e. The molecule has 0 aliphatic carbocycles. The van der Waals surface area contributed by atoms with E-state index in [1.54, 1.807) is 21.3 Å². The van der Waals surface area contributed by atoms with E-state index in [0.29, 0.717) is 11.5 Å². The first-order valence-corrected chi connectivity index (χ1v) is 7.28. The lowest BCUT2D eigenvalue weighted by atomic mass is 10.0. The minimum atomic E-state index is 0.115. The Bertz CT molecular complexity index is 649. The SMILES string of the molecule is COc1ccc(CC2Cc3ccc(OC)c(OC)c3O2)cc1. The fourth-order valence-corrected chi connectivity index (χ4v) is 2.82. The Morgan fingerprint density at radius 3 is 2.36 bits per heavy atom. The van der Waals surface area contributed by atoms with Crippen LogP contribution in [0.2, 0.25) is 0 Å². The van der Waals surface area contributed by atoms with E-state index < -0.39 is 0 Å². The van der Waals surface area contributed by atoms with Crippen LogP contribution < -0.4 is 18.9 Å². The fraction of sp³-hybridized carbons (Fsp3) is 0.333. The first-order chi connectivity index (χ1) is 10.7. The fourth-order valence-electron chi connectivity index (χ4n) is 2.82. The van der Waals surface area contributed by atoms with E-state index in [1.165, 1.54) is 5.56 Å². The summed E-state index contributed by atoms with van der Waals surface area (Å²) in [5, 5.41) is 0. The Morgan fingerprint density at radius 1 is 0.955 bits per heavy atom. The second-order valence-corrected chi connectivity index (χ2v) is 5.29. The Hall–Kier alpha value is -2.36. The van der Waals surface area contributed by atoms with E-state index in [4.69, 9.17) is 18.9 Å². The Morgan fingerprint density at radius 2 is 1.73 bits per heavy atom. The molecule has 0 N–H and O–H groups in total. The third-order valence-corrected chi connectivity index (χ3v) is 3.94. The number of ether oxygens (including phenoxy) is 4. The van der Waals surface area contributed by atoms with Gasteiger partial charge in [0, 0.05) is 18.4 Å². The van der Waals surface area contributed by atoms with Crippen LogP contribution in [-0.4, -0.2) is 27.4 Å². The third kappa shape index (κ3) is 2.69. The number of hydrogen-bond donors (Lipinski definition) is 0. The average molecular weight is 300 g/mol. The van der Waals surface area contributed by atoms with Gasteiger partial charge in [-0.25, -0.2) is 0 Å². The minimum absolute atomic E-state index is 0.115. The van der Waals surface area contributed by atoms with Gasteiger partial charge in [-0.3, -0.25) is 0 Å². The van der Waals surface area contributed by atoms with E-state index in [-0.39, 0.29) is 6.10 Å². The zero-order valence-electron chi connectivity index (χ0n) is 13.1. The molecule has 1 unspecified atom stereocenters. The molecule has 3 rings (SSSR count). The highest BCUT2D eigenvalue weighted by Gasteiger charge is 2.28. The van der Waals surface area contributed by atoms with Crippen LogP contribution in [0.4, 0.5) is 0 Å². The summed E-state index contributed by atoms with van der Waals surface area (Å²) in [6, 6.07) is 12.1. The zero-order valence-corrected chi connectivity index (χ0v) is 13.1. The van der Waals surface area contributed by atoms with Crippen LogP contribution in [-0.2, 0) is 12.8 Å². The summed E-state index contributed by atoms with van der Waals surface area (Å²) < 4.78 is 22.0. The minimum Gasteiger partial charge on any atom is -0.497 e. The topological polar surface area (TPSA) is 36.9 Å². The Kier molecular flexibility index (Phi) is 4.09. The number of methoxy groups -OCH3 is 3. The number of rotatable bonds is 5. The molecule has 0 aromatic heterocycles. The van der Waals surface area contributed by atoms with Gasteiger partial charge in [0.2, 0.25) is 5.75 Å². The van der Waals surface area contributed by atoms with Crippen molar-refractivity contribution in [3.8, 4) is 23.0 Å². The van der Waals surface area contributed by atoms with Crippen LogP contribution in [0.5, 0.6) is 23.0 Å². The number of hydrogen-bond acceptors (Lipinski definition) is 4. The van der Waals surface area contributed by atoms with Gasteiger partial charge in [0.05, 0.1) is 21.3 Å². The summed E-state index contributed by atoms with van der Waals surface area (Å²) in [5.41, 5.74) is 2.39. The molecular weight excluding hydrogens is 280 g/mol. The van der Waals surface area contributed by atoms with E-state index in [9.17, 15) is 0 Å². The van der Waals surface area contributed by atoms with Gasteiger partial charge in [-0.15, -0.1) is 0 Å². The summed E-state index contributed by atoms with van der Waals surface area (Å²) in [4.78, 5) is 0. The molecule has 0 fully saturated rings. The Balaban J connectivity index is 1.76. The van der Waals surface area contributed by atoms with Crippen molar-refractivity contribution >= 4 is 0 Å². The van der Waals surface area contributed by atoms with Crippen LogP contribution in [0, 0.1) is 0 Å². The lowest BCUT2D eigenvalue weighted by molar-refractivity contribution is 0.221. The molecule has 1 aliphatic heterocycles. The van der Waals surface area contributed by atoms with Gasteiger partial charge in [-0.2, -0.15) is 0 Å². The van der Waals surface area contributed by atoms with E-state index in [2.05, 4.69) is 12.1 Å². The third-order valence-electron chi connectivity index (χ3n) is 3.94. The van der Waals surface area contributed by atoms with Gasteiger partial charge in [-0.1, -0.05) is 18.2 Å². The van der Waals surface area contributed by atoms with Crippen LogP contribution >= 0.6 is 0 Å². The molecule has 4 nitrogen and oxygen atoms in total. The maximum atomic E-state index is 6.10. The lowest BCUT2D eigenvalue weighted by Gasteiger charge is -2.14. The van der Waals surface area contributed by atoms with Gasteiger partial charge in [0.15, 0.2) is 11.5 Å². The highest BCUT2D eigenvalue weighted by Crippen LogP contribution is 2.44. The van der Waals surface area contributed by atoms with Crippen LogP contribution in [0.3, 0.4) is 0 Å². The van der Waals surface area contributed by atoms with Gasteiger partial charge in [0.25, 0.3) is 0 Å². The van der Waals surface area contributed by atoms with Gasteiger partial charge in [0.1, 0.15) is 11.9 Å². The van der Waals surface area contributed by atoms with E-state index in [0.717, 1.165) is 29.9 Å². The van der Waals surface area contributed by atoms with Crippen molar-refractivity contribution in [3.05, 3.63) is 47.5 Å². The molecule has 1 heterocycles. The average Bonchev–Trinajstić information content (AvgIpc) is 2.96. The second-order valence-electron chi connectivity index (χ2n) is 5.29. The number of benzene rings is 2. The monoisotopic (exact) mass is 300 g/mol. The van der Waals surface area contributed by atoms with Crippen molar-refractivity contribution in [2.24, 2.45) is 0 Å². The molecule has 1 aliphatic rings. The van der Waals surface area contributed by atoms with Gasteiger partial charge >= 0.3 is 0 Å². The zero-order chi connectivity index (χ0) is 15.5. The van der Waals surface area contributed by atoms with Gasteiger partial charge < -0.3 is 18.9 Å². The van der Waals surface area contributed by atoms with Gasteiger partial charge in [-0.05, 0) is 23.8 Å². The molecule has 2 aromatic carbocycles. The number of fused-ring (bicyclic) bond motifs is 1. The molecule has 0 amide bonds. The summed E-state index contributed by atoms with van der Waals surface area (Å²) >= 11 is 0. The van der Waals surface area contributed by atoms with Crippen molar-refractivity contribution in [3.63, 3.8) is 0 Å². The molecule has 0 saturated carbocycles. The molecule has 0 spiro atoms. The first-order valence-electron chi connectivity index (χ1n) is 7.28. The normalized spacial score (nSPS) is 15.9. The summed E-state index contributed by atoms with van der Waals surface area (Å²) in [5.74, 6) is 3.05. The maximum absolute atomic E-state index is 6.10. The molecule has 0 bridgehead atoms. The smallest absolute Gasteiger partial charge is 0.203 e. The Labute approximate surface area is 130 Å². The molecular formula is C18H20O4. The van der Waals surface area contributed by atoms with Crippen molar-refractivity contribution in [1.29, 1.82) is 0 Å². The molecule has 0 saturated heterocycles. The van der Waals surface area contributed by atoms with Crippen molar-refractivity contribution < 1.29 is 18.9 Å². The van der Waals surface area contributed by atoms with E-state index in [1.807, 2.05) is 24.3 Å². The molecule has 116 valence electrons. The maximum Gasteiger partial charge on any atom is 0.203 e. The molecule has 22 heavy (non-hydrogen) atoms. The van der Waals surface area contributed by atoms with Crippen LogP contribution in [0.15, 0.2) is 36.4 Å². The van der Waals surface area contributed by atoms with Crippen LogP contribution in [0.25, 0.3) is 0 Å². The van der Waals surface area contributed by atoms with Crippen LogP contribution in [0.1, 0.15) is 11.1 Å². The van der Waals surface area contributed by atoms with Crippen molar-refractivity contribution in [2.45, 2.75) is 18.9 Å². The van der Waals surface area contributed by atoms with Crippen molar-refractivity contribution in [2.75, 3.05) is 21.3 Å². The second kappa shape index (κ2) is 6.18.